The van der Waals surface area contributed by atoms with Crippen LogP contribution in [0.3, 0.4) is 0 Å². The van der Waals surface area contributed by atoms with Gasteiger partial charge in [-0.2, -0.15) is 0 Å². The van der Waals surface area contributed by atoms with Crippen molar-refractivity contribution in [3.05, 3.63) is 47.5 Å². The Kier molecular flexibility index (Phi) is 3.12. The molecule has 0 spiro atoms. The van der Waals surface area contributed by atoms with E-state index in [-0.39, 0.29) is 11.8 Å². The van der Waals surface area contributed by atoms with Crippen LogP contribution in [0.25, 0.3) is 0 Å². The molecule has 4 heteroatoms. The first-order chi connectivity index (χ1) is 10.1. The summed E-state index contributed by atoms with van der Waals surface area (Å²) in [7, 11) is 2.62. The molecule has 2 aliphatic rings. The fraction of sp³-hybridized carbons (Fsp3) is 0.412. The minimum atomic E-state index is -1.29. The highest BCUT2D eigenvalue weighted by molar-refractivity contribution is 6.03. The van der Waals surface area contributed by atoms with Gasteiger partial charge in [-0.25, -0.2) is 0 Å². The van der Waals surface area contributed by atoms with Gasteiger partial charge in [0.25, 0.3) is 0 Å². The van der Waals surface area contributed by atoms with Crippen LogP contribution in [0.5, 0.6) is 0 Å². The maximum Gasteiger partial charge on any atom is 0.324 e. The van der Waals surface area contributed by atoms with E-state index in [2.05, 4.69) is 6.58 Å². The van der Waals surface area contributed by atoms with E-state index in [9.17, 15) is 9.59 Å². The van der Waals surface area contributed by atoms with Crippen LogP contribution in [-0.4, -0.2) is 26.2 Å². The molecule has 1 saturated carbocycles. The molecule has 0 heterocycles. The van der Waals surface area contributed by atoms with E-state index >= 15 is 0 Å². The van der Waals surface area contributed by atoms with Crippen LogP contribution in [-0.2, 0) is 25.5 Å². The van der Waals surface area contributed by atoms with Gasteiger partial charge in [-0.3, -0.25) is 9.59 Å². The number of methoxy groups -OCH3 is 2. The molecule has 0 aromatic heterocycles. The molecule has 2 aliphatic carbocycles. The molecule has 2 bridgehead atoms. The minimum absolute atomic E-state index is 0.114. The van der Waals surface area contributed by atoms with Crippen LogP contribution in [0.2, 0.25) is 0 Å². The van der Waals surface area contributed by atoms with Crippen LogP contribution < -0.4 is 0 Å². The molecule has 3 rings (SSSR count). The molecule has 1 aromatic carbocycles. The fourth-order valence-corrected chi connectivity index (χ4v) is 3.98. The van der Waals surface area contributed by atoms with Crippen molar-refractivity contribution in [1.29, 1.82) is 0 Å². The number of esters is 2. The Morgan fingerprint density at radius 1 is 1.19 bits per heavy atom. The summed E-state index contributed by atoms with van der Waals surface area (Å²) in [5.74, 6) is -1.30. The van der Waals surface area contributed by atoms with Crippen molar-refractivity contribution in [3.8, 4) is 0 Å². The smallest absolute Gasteiger partial charge is 0.324 e. The molecule has 0 radical (unpaired) electrons. The van der Waals surface area contributed by atoms with Gasteiger partial charge in [-0.15, -0.1) is 0 Å². The Labute approximate surface area is 123 Å². The van der Waals surface area contributed by atoms with Gasteiger partial charge >= 0.3 is 11.9 Å². The first-order valence-corrected chi connectivity index (χ1v) is 6.99. The zero-order valence-corrected chi connectivity index (χ0v) is 12.2. The maximum absolute atomic E-state index is 12.5. The van der Waals surface area contributed by atoms with Gasteiger partial charge in [0.1, 0.15) is 0 Å². The number of carbonyl (C=O) groups excluding carboxylic acids is 2. The van der Waals surface area contributed by atoms with Gasteiger partial charge in [0.2, 0.25) is 0 Å². The normalized spacial score (nSPS) is 25.1. The standard InChI is InChI=1S/C17H18O4/c1-10-12-8-11-6-4-5-7-13(11)14(10)17(9-12,15(18)20-2)16(19)21-3/h4-7,12,14H,1,8-9H2,2-3H3. The first kappa shape index (κ1) is 13.9. The van der Waals surface area contributed by atoms with Gasteiger partial charge in [0.15, 0.2) is 5.41 Å². The van der Waals surface area contributed by atoms with Crippen LogP contribution in [0.4, 0.5) is 0 Å². The third kappa shape index (κ3) is 1.68. The fourth-order valence-electron chi connectivity index (χ4n) is 3.98. The zero-order chi connectivity index (χ0) is 15.2. The average molecular weight is 286 g/mol. The highest BCUT2D eigenvalue weighted by atomic mass is 16.5. The predicted octanol–water partition coefficient (Wildman–Crippen LogP) is 2.23. The summed E-state index contributed by atoms with van der Waals surface area (Å²) in [5.41, 5.74) is 1.81. The molecule has 110 valence electrons. The van der Waals surface area contributed by atoms with Crippen LogP contribution in [0.15, 0.2) is 36.4 Å². The van der Waals surface area contributed by atoms with Gasteiger partial charge in [-0.05, 0) is 29.9 Å². The highest BCUT2D eigenvalue weighted by Gasteiger charge is 2.63. The van der Waals surface area contributed by atoms with Crippen LogP contribution in [0.1, 0.15) is 23.5 Å². The molecule has 21 heavy (non-hydrogen) atoms. The van der Waals surface area contributed by atoms with E-state index in [1.54, 1.807) is 0 Å². The highest BCUT2D eigenvalue weighted by Crippen LogP contribution is 2.60. The second-order valence-corrected chi connectivity index (χ2v) is 5.77. The van der Waals surface area contributed by atoms with E-state index in [1.165, 1.54) is 19.8 Å². The SMILES string of the molecule is C=C1C2Cc3ccccc3C1C(C(=O)OC)(C(=O)OC)C2. The van der Waals surface area contributed by atoms with E-state index in [4.69, 9.17) is 9.47 Å². The Morgan fingerprint density at radius 3 is 2.43 bits per heavy atom. The Hall–Kier alpha value is -2.10. The lowest BCUT2D eigenvalue weighted by Gasteiger charge is -2.32. The van der Waals surface area contributed by atoms with E-state index in [1.807, 2.05) is 24.3 Å². The number of rotatable bonds is 2. The van der Waals surface area contributed by atoms with Crippen molar-refractivity contribution in [1.82, 2.24) is 0 Å². The van der Waals surface area contributed by atoms with E-state index in [0.717, 1.165) is 17.6 Å². The van der Waals surface area contributed by atoms with Crippen LogP contribution in [0, 0.1) is 11.3 Å². The molecule has 0 amide bonds. The van der Waals surface area contributed by atoms with E-state index < -0.39 is 17.4 Å². The number of hydrogen-bond donors (Lipinski definition) is 0. The van der Waals surface area contributed by atoms with Crippen molar-refractivity contribution < 1.29 is 19.1 Å². The van der Waals surface area contributed by atoms with Gasteiger partial charge in [0, 0.05) is 5.92 Å². The monoisotopic (exact) mass is 286 g/mol. The van der Waals surface area contributed by atoms with E-state index in [0.29, 0.717) is 6.42 Å². The lowest BCUT2D eigenvalue weighted by molar-refractivity contribution is -0.169. The minimum Gasteiger partial charge on any atom is -0.468 e. The lowest BCUT2D eigenvalue weighted by Crippen LogP contribution is -2.43. The topological polar surface area (TPSA) is 52.6 Å². The Morgan fingerprint density at radius 2 is 1.81 bits per heavy atom. The summed E-state index contributed by atoms with van der Waals surface area (Å²) in [5, 5.41) is 0. The van der Waals surface area contributed by atoms with Gasteiger partial charge in [0.05, 0.1) is 14.2 Å². The second kappa shape index (κ2) is 4.72. The average Bonchev–Trinajstić information content (AvgIpc) is 2.70. The summed E-state index contributed by atoms with van der Waals surface area (Å²) < 4.78 is 9.90. The van der Waals surface area contributed by atoms with Gasteiger partial charge in [-0.1, -0.05) is 36.4 Å². The van der Waals surface area contributed by atoms with Crippen molar-refractivity contribution in [2.75, 3.05) is 14.2 Å². The van der Waals surface area contributed by atoms with Crippen molar-refractivity contribution >= 4 is 11.9 Å². The third-order valence-electron chi connectivity index (χ3n) is 4.89. The number of carbonyl (C=O) groups is 2. The van der Waals surface area contributed by atoms with Crippen molar-refractivity contribution in [2.45, 2.75) is 18.8 Å². The molecule has 1 aromatic rings. The maximum atomic E-state index is 12.5. The molecule has 1 fully saturated rings. The predicted molar refractivity (Wildman–Crippen MR) is 76.6 cm³/mol. The second-order valence-electron chi connectivity index (χ2n) is 5.77. The first-order valence-electron chi connectivity index (χ1n) is 6.99. The summed E-state index contributed by atoms with van der Waals surface area (Å²) in [6, 6.07) is 7.91. The Balaban J connectivity index is 2.22. The molecule has 0 aliphatic heterocycles. The summed E-state index contributed by atoms with van der Waals surface area (Å²) in [4.78, 5) is 24.9. The molecular weight excluding hydrogens is 268 g/mol. The summed E-state index contributed by atoms with van der Waals surface area (Å²) in [6.07, 6.45) is 1.21. The van der Waals surface area contributed by atoms with Crippen LogP contribution >= 0.6 is 0 Å². The molecule has 0 N–H and O–H groups in total. The molecule has 2 unspecified atom stereocenters. The third-order valence-corrected chi connectivity index (χ3v) is 4.89. The summed E-state index contributed by atoms with van der Waals surface area (Å²) in [6.45, 7) is 4.15. The van der Waals surface area contributed by atoms with Crippen molar-refractivity contribution in [2.24, 2.45) is 11.3 Å². The molecule has 2 atom stereocenters. The number of allylic oxidation sites excluding steroid dienone is 1. The largest absolute Gasteiger partial charge is 0.468 e. The lowest BCUT2D eigenvalue weighted by atomic mass is 9.71. The number of hydrogen-bond acceptors (Lipinski definition) is 4. The molecule has 4 nitrogen and oxygen atoms in total. The van der Waals surface area contributed by atoms with Crippen molar-refractivity contribution in [3.63, 3.8) is 0 Å². The van der Waals surface area contributed by atoms with Gasteiger partial charge < -0.3 is 9.47 Å². The quantitative estimate of drug-likeness (QED) is 0.475. The number of benzene rings is 1. The number of fused-ring (bicyclic) bond motifs is 4. The molecular formula is C17H18O4. The zero-order valence-electron chi connectivity index (χ0n) is 12.2. The summed E-state index contributed by atoms with van der Waals surface area (Å²) >= 11 is 0. The Bertz CT molecular complexity index is 615. The molecule has 0 saturated heterocycles. The number of ether oxygens (including phenoxy) is 2.